The Morgan fingerprint density at radius 3 is 2.94 bits per heavy atom. The molecule has 0 saturated heterocycles. The molecule has 3 aromatic heterocycles. The molecule has 16 heavy (non-hydrogen) atoms. The first-order valence-electron chi connectivity index (χ1n) is 4.77. The van der Waals surface area contributed by atoms with Crippen molar-refractivity contribution in [3.05, 3.63) is 23.2 Å². The lowest BCUT2D eigenvalue weighted by molar-refractivity contribution is 1.26. The van der Waals surface area contributed by atoms with Crippen LogP contribution in [0.3, 0.4) is 0 Å². The lowest BCUT2D eigenvalue weighted by atomic mass is 10.3. The van der Waals surface area contributed by atoms with Crippen molar-refractivity contribution in [3.8, 4) is 11.5 Å². The zero-order valence-corrected chi connectivity index (χ0v) is 9.38. The molecule has 0 unspecified atom stereocenters. The van der Waals surface area contributed by atoms with Crippen LogP contribution in [-0.2, 0) is 0 Å². The third kappa shape index (κ3) is 1.35. The highest BCUT2D eigenvalue weighted by Crippen LogP contribution is 2.23. The first-order valence-corrected chi connectivity index (χ1v) is 5.65. The Bertz CT molecular complexity index is 654. The molecule has 3 rings (SSSR count). The number of fused-ring (bicyclic) bond motifs is 1. The number of aromatic amines is 1. The van der Waals surface area contributed by atoms with Crippen LogP contribution >= 0.6 is 11.3 Å². The summed E-state index contributed by atoms with van der Waals surface area (Å²) in [5, 5.41) is 2.42. The van der Waals surface area contributed by atoms with Gasteiger partial charge < -0.3 is 10.7 Å². The van der Waals surface area contributed by atoms with Gasteiger partial charge in [-0.15, -0.1) is 11.3 Å². The summed E-state index contributed by atoms with van der Waals surface area (Å²) in [7, 11) is 0. The van der Waals surface area contributed by atoms with E-state index in [9.17, 15) is 0 Å². The topological polar surface area (TPSA) is 80.5 Å². The Morgan fingerprint density at radius 2 is 2.25 bits per heavy atom. The van der Waals surface area contributed by atoms with Crippen molar-refractivity contribution < 1.29 is 0 Å². The second-order valence-electron chi connectivity index (χ2n) is 3.48. The molecule has 5 nitrogen and oxygen atoms in total. The number of H-pyrrole nitrogens is 1. The molecule has 0 aliphatic carbocycles. The number of nitrogens with two attached hydrogens (primary N) is 1. The highest BCUT2D eigenvalue weighted by molar-refractivity contribution is 7.13. The molecule has 0 bridgehead atoms. The molecule has 0 fully saturated rings. The van der Waals surface area contributed by atoms with E-state index in [1.54, 1.807) is 6.20 Å². The molecule has 3 aromatic rings. The number of nitrogens with one attached hydrogen (secondary N) is 1. The van der Waals surface area contributed by atoms with E-state index in [1.807, 2.05) is 18.4 Å². The molecule has 0 amide bonds. The van der Waals surface area contributed by atoms with Crippen LogP contribution in [0.4, 0.5) is 5.13 Å². The molecule has 0 atom stereocenters. The minimum absolute atomic E-state index is 0.542. The van der Waals surface area contributed by atoms with Gasteiger partial charge in [0.2, 0.25) is 0 Å². The number of aryl methyl sites for hydroxylation is 1. The van der Waals surface area contributed by atoms with Crippen LogP contribution in [0, 0.1) is 6.92 Å². The van der Waals surface area contributed by atoms with Gasteiger partial charge in [-0.1, -0.05) is 0 Å². The number of rotatable bonds is 1. The molecule has 0 spiro atoms. The Balaban J connectivity index is 2.22. The molecule has 0 aromatic carbocycles. The lowest BCUT2D eigenvalue weighted by Gasteiger charge is -1.90. The second-order valence-corrected chi connectivity index (χ2v) is 4.37. The molecule has 0 aliphatic rings. The van der Waals surface area contributed by atoms with Gasteiger partial charge in [-0.25, -0.2) is 15.0 Å². The maximum atomic E-state index is 5.59. The van der Waals surface area contributed by atoms with Crippen LogP contribution in [-0.4, -0.2) is 19.9 Å². The smallest absolute Gasteiger partial charge is 0.180 e. The van der Waals surface area contributed by atoms with Crippen LogP contribution in [0.15, 0.2) is 17.6 Å². The van der Waals surface area contributed by atoms with Crippen molar-refractivity contribution in [1.29, 1.82) is 0 Å². The number of nitrogen functional groups attached to an aromatic ring is 1. The molecular formula is C10H9N5S. The standard InChI is InChI=1S/C10H9N5S/c1-5-2-3-12-9-7(5)14-8(15-9)6-4-16-10(11)13-6/h2-4H,1H3,(H2,11,13)(H,12,14,15). The molecule has 0 radical (unpaired) electrons. The number of hydrogen-bond acceptors (Lipinski definition) is 5. The molecule has 0 aliphatic heterocycles. The highest BCUT2D eigenvalue weighted by Gasteiger charge is 2.09. The zero-order chi connectivity index (χ0) is 11.1. The SMILES string of the molecule is Cc1ccnc2nc(-c3csc(N)n3)[nH]c12. The maximum absolute atomic E-state index is 5.59. The summed E-state index contributed by atoms with van der Waals surface area (Å²) in [4.78, 5) is 16.0. The Hall–Kier alpha value is -1.95. The predicted molar refractivity (Wildman–Crippen MR) is 64.1 cm³/mol. The van der Waals surface area contributed by atoms with E-state index in [0.29, 0.717) is 16.6 Å². The monoisotopic (exact) mass is 231 g/mol. The van der Waals surface area contributed by atoms with Gasteiger partial charge in [-0.05, 0) is 18.6 Å². The fourth-order valence-electron chi connectivity index (χ4n) is 1.55. The fraction of sp³-hybridized carbons (Fsp3) is 0.100. The van der Waals surface area contributed by atoms with Crippen LogP contribution in [0.25, 0.3) is 22.7 Å². The van der Waals surface area contributed by atoms with Gasteiger partial charge in [0.1, 0.15) is 5.69 Å². The summed E-state index contributed by atoms with van der Waals surface area (Å²) in [6.45, 7) is 2.02. The largest absolute Gasteiger partial charge is 0.375 e. The third-order valence-electron chi connectivity index (χ3n) is 2.36. The van der Waals surface area contributed by atoms with E-state index in [0.717, 1.165) is 16.8 Å². The van der Waals surface area contributed by atoms with Crippen LogP contribution in [0.5, 0.6) is 0 Å². The van der Waals surface area contributed by atoms with Crippen LogP contribution in [0.2, 0.25) is 0 Å². The van der Waals surface area contributed by atoms with Crippen molar-refractivity contribution in [2.45, 2.75) is 6.92 Å². The molecule has 3 heterocycles. The van der Waals surface area contributed by atoms with Crippen LogP contribution < -0.4 is 5.73 Å². The number of aromatic nitrogens is 4. The van der Waals surface area contributed by atoms with Crippen molar-refractivity contribution in [2.75, 3.05) is 5.73 Å². The number of anilines is 1. The number of imidazole rings is 1. The Kier molecular flexibility index (Phi) is 1.90. The van der Waals surface area contributed by atoms with Gasteiger partial charge in [0.15, 0.2) is 16.6 Å². The number of nitrogens with zero attached hydrogens (tertiary/aromatic N) is 3. The van der Waals surface area contributed by atoms with Crippen molar-refractivity contribution in [1.82, 2.24) is 19.9 Å². The summed E-state index contributed by atoms with van der Waals surface area (Å²) in [5.74, 6) is 0.713. The summed E-state index contributed by atoms with van der Waals surface area (Å²) in [6, 6.07) is 1.94. The summed E-state index contributed by atoms with van der Waals surface area (Å²) in [6.07, 6.45) is 1.75. The number of pyridine rings is 1. The van der Waals surface area contributed by atoms with E-state index in [4.69, 9.17) is 5.73 Å². The highest BCUT2D eigenvalue weighted by atomic mass is 32.1. The van der Waals surface area contributed by atoms with E-state index in [2.05, 4.69) is 19.9 Å². The normalized spacial score (nSPS) is 11.1. The molecule has 6 heteroatoms. The zero-order valence-electron chi connectivity index (χ0n) is 8.56. The van der Waals surface area contributed by atoms with Gasteiger partial charge in [0.05, 0.1) is 5.52 Å². The maximum Gasteiger partial charge on any atom is 0.180 e. The van der Waals surface area contributed by atoms with Gasteiger partial charge in [-0.2, -0.15) is 0 Å². The third-order valence-corrected chi connectivity index (χ3v) is 3.04. The average Bonchev–Trinajstić information content (AvgIpc) is 2.84. The van der Waals surface area contributed by atoms with Crippen molar-refractivity contribution >= 4 is 27.6 Å². The number of hydrogen-bond donors (Lipinski definition) is 2. The predicted octanol–water partition coefficient (Wildman–Crippen LogP) is 1.97. The number of thiazole rings is 1. The van der Waals surface area contributed by atoms with Crippen LogP contribution in [0.1, 0.15) is 5.56 Å². The molecule has 3 N–H and O–H groups in total. The van der Waals surface area contributed by atoms with Gasteiger partial charge >= 0.3 is 0 Å². The van der Waals surface area contributed by atoms with E-state index >= 15 is 0 Å². The fourth-order valence-corrected chi connectivity index (χ4v) is 2.10. The summed E-state index contributed by atoms with van der Waals surface area (Å²) in [5.41, 5.74) is 9.13. The quantitative estimate of drug-likeness (QED) is 0.671. The van der Waals surface area contributed by atoms with Crippen molar-refractivity contribution in [3.63, 3.8) is 0 Å². The minimum Gasteiger partial charge on any atom is -0.375 e. The molecule has 0 saturated carbocycles. The second kappa shape index (κ2) is 3.28. The Morgan fingerprint density at radius 1 is 1.38 bits per heavy atom. The lowest BCUT2D eigenvalue weighted by Crippen LogP contribution is -1.84. The average molecular weight is 231 g/mol. The first kappa shape index (κ1) is 9.29. The first-order chi connectivity index (χ1) is 7.74. The van der Waals surface area contributed by atoms with E-state index in [-0.39, 0.29) is 0 Å². The van der Waals surface area contributed by atoms with Gasteiger partial charge in [0, 0.05) is 11.6 Å². The summed E-state index contributed by atoms with van der Waals surface area (Å²) < 4.78 is 0. The molecule has 80 valence electrons. The Labute approximate surface area is 95.4 Å². The summed E-state index contributed by atoms with van der Waals surface area (Å²) >= 11 is 1.40. The van der Waals surface area contributed by atoms with E-state index < -0.39 is 0 Å². The van der Waals surface area contributed by atoms with E-state index in [1.165, 1.54) is 11.3 Å². The van der Waals surface area contributed by atoms with Gasteiger partial charge in [-0.3, -0.25) is 0 Å². The van der Waals surface area contributed by atoms with Crippen molar-refractivity contribution in [2.24, 2.45) is 0 Å². The minimum atomic E-state index is 0.542. The van der Waals surface area contributed by atoms with Gasteiger partial charge in [0.25, 0.3) is 0 Å². The molecular weight excluding hydrogens is 222 g/mol.